The van der Waals surface area contributed by atoms with Crippen LogP contribution in [0.1, 0.15) is 9.67 Å². The van der Waals surface area contributed by atoms with Crippen molar-refractivity contribution in [1.82, 2.24) is 0 Å². The van der Waals surface area contributed by atoms with Crippen molar-refractivity contribution in [2.75, 3.05) is 7.11 Å². The molecular formula is C10H5F3O3S. The molecule has 1 N–H and O–H groups in total. The van der Waals surface area contributed by atoms with Gasteiger partial charge in [-0.3, -0.25) is 0 Å². The van der Waals surface area contributed by atoms with E-state index in [2.05, 4.69) is 4.74 Å². The van der Waals surface area contributed by atoms with Crippen molar-refractivity contribution in [3.63, 3.8) is 0 Å². The Bertz CT molecular complexity index is 621. The van der Waals surface area contributed by atoms with Crippen LogP contribution in [0.3, 0.4) is 0 Å². The van der Waals surface area contributed by atoms with Crippen LogP contribution in [0, 0.1) is 17.5 Å². The summed E-state index contributed by atoms with van der Waals surface area (Å²) in [5.74, 6) is -6.06. The Morgan fingerprint density at radius 1 is 1.29 bits per heavy atom. The van der Waals surface area contributed by atoms with Crippen LogP contribution in [-0.2, 0) is 0 Å². The summed E-state index contributed by atoms with van der Waals surface area (Å²) in [6.07, 6.45) is 0. The molecule has 0 saturated carbocycles. The molecule has 0 fully saturated rings. The Morgan fingerprint density at radius 2 is 1.94 bits per heavy atom. The molecule has 7 heteroatoms. The first kappa shape index (κ1) is 11.7. The quantitative estimate of drug-likeness (QED) is 0.846. The van der Waals surface area contributed by atoms with Crippen molar-refractivity contribution < 1.29 is 27.8 Å². The van der Waals surface area contributed by atoms with Crippen LogP contribution in [0.4, 0.5) is 13.2 Å². The third-order valence-corrected chi connectivity index (χ3v) is 3.29. The second kappa shape index (κ2) is 3.92. The lowest BCUT2D eigenvalue weighted by molar-refractivity contribution is 0.0702. The Morgan fingerprint density at radius 3 is 2.47 bits per heavy atom. The zero-order valence-electron chi connectivity index (χ0n) is 8.38. The van der Waals surface area contributed by atoms with Gasteiger partial charge >= 0.3 is 5.97 Å². The summed E-state index contributed by atoms with van der Waals surface area (Å²) in [6, 6.07) is 0.892. The Balaban J connectivity index is 2.89. The molecule has 0 aliphatic heterocycles. The Kier molecular flexibility index (Phi) is 2.70. The highest BCUT2D eigenvalue weighted by molar-refractivity contribution is 7.20. The van der Waals surface area contributed by atoms with E-state index >= 15 is 0 Å². The van der Waals surface area contributed by atoms with Crippen molar-refractivity contribution in [1.29, 1.82) is 0 Å². The molecule has 0 aliphatic rings. The second-order valence-electron chi connectivity index (χ2n) is 3.13. The minimum absolute atomic E-state index is 0.273. The van der Waals surface area contributed by atoms with Crippen LogP contribution in [-0.4, -0.2) is 18.2 Å². The molecule has 0 unspecified atom stereocenters. The smallest absolute Gasteiger partial charge is 0.345 e. The highest BCUT2D eigenvalue weighted by Crippen LogP contribution is 2.37. The number of benzene rings is 1. The van der Waals surface area contributed by atoms with Crippen LogP contribution in [0.25, 0.3) is 10.1 Å². The minimum atomic E-state index is -1.47. The number of fused-ring (bicyclic) bond motifs is 1. The number of aromatic carboxylic acids is 1. The van der Waals surface area contributed by atoms with Crippen LogP contribution in [0.15, 0.2) is 6.07 Å². The predicted molar refractivity (Wildman–Crippen MR) is 55.2 cm³/mol. The molecule has 1 aromatic heterocycles. The normalized spacial score (nSPS) is 10.8. The molecule has 0 saturated heterocycles. The Labute approximate surface area is 97.0 Å². The monoisotopic (exact) mass is 262 g/mol. The molecule has 0 spiro atoms. The van der Waals surface area contributed by atoms with Gasteiger partial charge in [-0.15, -0.1) is 11.3 Å². The summed E-state index contributed by atoms with van der Waals surface area (Å²) in [4.78, 5) is 10.4. The van der Waals surface area contributed by atoms with E-state index in [1.165, 1.54) is 0 Å². The molecule has 1 aromatic carbocycles. The first-order valence-electron chi connectivity index (χ1n) is 4.34. The molecule has 17 heavy (non-hydrogen) atoms. The molecule has 2 aromatic rings. The van der Waals surface area contributed by atoms with Crippen LogP contribution < -0.4 is 4.74 Å². The average Bonchev–Trinajstić information content (AvgIpc) is 2.72. The van der Waals surface area contributed by atoms with Crippen molar-refractivity contribution >= 4 is 27.4 Å². The van der Waals surface area contributed by atoms with E-state index < -0.39 is 34.6 Å². The van der Waals surface area contributed by atoms with E-state index in [1.807, 2.05) is 0 Å². The molecule has 0 amide bonds. The molecule has 0 aliphatic carbocycles. The lowest BCUT2D eigenvalue weighted by atomic mass is 10.2. The standard InChI is InChI=1S/C10H5F3O3S/c1-16-8-6(12)5(11)3-2-4(10(14)15)17-9(3)7(8)13/h2H,1H3,(H,14,15). The Hall–Kier alpha value is -1.76. The third-order valence-electron chi connectivity index (χ3n) is 2.17. The van der Waals surface area contributed by atoms with Gasteiger partial charge in [-0.1, -0.05) is 0 Å². The van der Waals surface area contributed by atoms with E-state index in [1.54, 1.807) is 0 Å². The summed E-state index contributed by atoms with van der Waals surface area (Å²) in [6.45, 7) is 0. The summed E-state index contributed by atoms with van der Waals surface area (Å²) < 4.78 is 44.6. The fourth-order valence-corrected chi connectivity index (χ4v) is 2.34. The van der Waals surface area contributed by atoms with Gasteiger partial charge in [-0.05, 0) is 6.07 Å². The van der Waals surface area contributed by atoms with Crippen molar-refractivity contribution in [3.8, 4) is 5.75 Å². The highest BCUT2D eigenvalue weighted by atomic mass is 32.1. The lowest BCUT2D eigenvalue weighted by Gasteiger charge is -2.05. The topological polar surface area (TPSA) is 46.5 Å². The van der Waals surface area contributed by atoms with Gasteiger partial charge in [0, 0.05) is 5.39 Å². The van der Waals surface area contributed by atoms with Gasteiger partial charge in [0.05, 0.1) is 11.8 Å². The molecule has 1 heterocycles. The van der Waals surface area contributed by atoms with Gasteiger partial charge in [0.2, 0.25) is 5.82 Å². The molecular weight excluding hydrogens is 257 g/mol. The molecule has 0 radical (unpaired) electrons. The lowest BCUT2D eigenvalue weighted by Crippen LogP contribution is -1.96. The molecule has 2 rings (SSSR count). The van der Waals surface area contributed by atoms with Gasteiger partial charge in [0.1, 0.15) is 4.88 Å². The van der Waals surface area contributed by atoms with E-state index in [4.69, 9.17) is 5.11 Å². The number of rotatable bonds is 2. The van der Waals surface area contributed by atoms with Gasteiger partial charge in [-0.2, -0.15) is 4.39 Å². The molecule has 3 nitrogen and oxygen atoms in total. The summed E-state index contributed by atoms with van der Waals surface area (Å²) in [7, 11) is 0.998. The maximum atomic E-state index is 13.7. The van der Waals surface area contributed by atoms with E-state index in [9.17, 15) is 18.0 Å². The number of thiophene rings is 1. The molecule has 0 bridgehead atoms. The zero-order valence-corrected chi connectivity index (χ0v) is 9.20. The van der Waals surface area contributed by atoms with Gasteiger partial charge in [0.25, 0.3) is 0 Å². The SMILES string of the molecule is COc1c(F)c(F)c2cc(C(=O)O)sc2c1F. The van der Waals surface area contributed by atoms with E-state index in [0.717, 1.165) is 13.2 Å². The highest BCUT2D eigenvalue weighted by Gasteiger charge is 2.24. The zero-order chi connectivity index (χ0) is 12.7. The maximum Gasteiger partial charge on any atom is 0.345 e. The summed E-state index contributed by atoms with van der Waals surface area (Å²) in [5.41, 5.74) is 0. The number of carboxylic acid groups (broad SMARTS) is 1. The summed E-state index contributed by atoms with van der Waals surface area (Å²) >= 11 is 0.523. The maximum absolute atomic E-state index is 13.7. The first-order valence-corrected chi connectivity index (χ1v) is 5.16. The van der Waals surface area contributed by atoms with Crippen LogP contribution in [0.2, 0.25) is 0 Å². The number of methoxy groups -OCH3 is 1. The van der Waals surface area contributed by atoms with Gasteiger partial charge in [0.15, 0.2) is 17.4 Å². The number of halogens is 3. The van der Waals surface area contributed by atoms with Crippen molar-refractivity contribution in [3.05, 3.63) is 28.4 Å². The van der Waals surface area contributed by atoms with Gasteiger partial charge < -0.3 is 9.84 Å². The molecule has 90 valence electrons. The average molecular weight is 262 g/mol. The fraction of sp³-hybridized carbons (Fsp3) is 0.100. The van der Waals surface area contributed by atoms with Crippen LogP contribution >= 0.6 is 11.3 Å². The first-order chi connectivity index (χ1) is 7.97. The van der Waals surface area contributed by atoms with Gasteiger partial charge in [-0.25, -0.2) is 13.6 Å². The fourth-order valence-electron chi connectivity index (χ4n) is 1.42. The predicted octanol–water partition coefficient (Wildman–Crippen LogP) is 3.03. The second-order valence-corrected chi connectivity index (χ2v) is 4.19. The number of hydrogen-bond donors (Lipinski definition) is 1. The number of hydrogen-bond acceptors (Lipinski definition) is 3. The van der Waals surface area contributed by atoms with E-state index in [-0.39, 0.29) is 9.58 Å². The largest absolute Gasteiger partial charge is 0.491 e. The number of ether oxygens (including phenoxy) is 1. The van der Waals surface area contributed by atoms with Crippen molar-refractivity contribution in [2.24, 2.45) is 0 Å². The van der Waals surface area contributed by atoms with Crippen molar-refractivity contribution in [2.45, 2.75) is 0 Å². The third kappa shape index (κ3) is 1.62. The number of carboxylic acids is 1. The summed E-state index contributed by atoms with van der Waals surface area (Å²) in [5, 5.41) is 8.30. The van der Waals surface area contributed by atoms with Crippen LogP contribution in [0.5, 0.6) is 5.75 Å². The van der Waals surface area contributed by atoms with E-state index in [0.29, 0.717) is 11.3 Å². The molecule has 0 atom stereocenters. The minimum Gasteiger partial charge on any atom is -0.491 e. The number of carbonyl (C=O) groups is 1.